The van der Waals surface area contributed by atoms with Gasteiger partial charge in [0.1, 0.15) is 5.75 Å². The molecule has 0 fully saturated rings. The van der Waals surface area contributed by atoms with Crippen molar-refractivity contribution in [2.24, 2.45) is 0 Å². The maximum absolute atomic E-state index is 11.7. The van der Waals surface area contributed by atoms with Crippen molar-refractivity contribution in [2.75, 3.05) is 19.4 Å². The lowest BCUT2D eigenvalue weighted by molar-refractivity contribution is 0.0955. The molecule has 100 valence electrons. The molecule has 18 heavy (non-hydrogen) atoms. The molecule has 0 bridgehead atoms. The molecule has 0 aliphatic carbocycles. The summed E-state index contributed by atoms with van der Waals surface area (Å²) in [7, 11) is -2.56. The second-order valence-electron chi connectivity index (χ2n) is 3.39. The van der Waals surface area contributed by atoms with E-state index in [9.17, 15) is 13.2 Å². The van der Waals surface area contributed by atoms with E-state index in [0.717, 1.165) is 3.57 Å². The number of carbonyl (C=O) groups is 1. The highest BCUT2D eigenvalue weighted by atomic mass is 127. The third-order valence-corrected chi connectivity index (χ3v) is 3.67. The summed E-state index contributed by atoms with van der Waals surface area (Å²) in [5.74, 6) is -0.369. The lowest BCUT2D eigenvalue weighted by atomic mass is 10.2. The Bertz CT molecular complexity index is 543. The van der Waals surface area contributed by atoms with E-state index in [4.69, 9.17) is 9.29 Å². The molecule has 8 heteroatoms. The molecule has 6 nitrogen and oxygen atoms in total. The predicted molar refractivity (Wildman–Crippen MR) is 74.5 cm³/mol. The summed E-state index contributed by atoms with van der Waals surface area (Å²) >= 11 is 2.07. The summed E-state index contributed by atoms with van der Waals surface area (Å²) < 4.78 is 35.4. The quantitative estimate of drug-likeness (QED) is 0.581. The Labute approximate surface area is 119 Å². The smallest absolute Gasteiger partial charge is 0.266 e. The monoisotopic (exact) mass is 385 g/mol. The topological polar surface area (TPSA) is 92.7 Å². The number of halogens is 1. The van der Waals surface area contributed by atoms with Crippen LogP contribution in [0.2, 0.25) is 0 Å². The van der Waals surface area contributed by atoms with E-state index in [2.05, 4.69) is 27.9 Å². The van der Waals surface area contributed by atoms with Gasteiger partial charge in [-0.3, -0.25) is 9.35 Å². The third kappa shape index (κ3) is 4.78. The van der Waals surface area contributed by atoms with Crippen LogP contribution in [0.5, 0.6) is 5.75 Å². The molecule has 0 saturated heterocycles. The van der Waals surface area contributed by atoms with Gasteiger partial charge in [0.05, 0.1) is 16.4 Å². The minimum Gasteiger partial charge on any atom is -0.496 e. The minimum absolute atomic E-state index is 0.147. The summed E-state index contributed by atoms with van der Waals surface area (Å²) in [4.78, 5) is 11.7. The number of methoxy groups -OCH3 is 1. The van der Waals surface area contributed by atoms with Gasteiger partial charge in [-0.2, -0.15) is 8.42 Å². The highest BCUT2D eigenvalue weighted by molar-refractivity contribution is 14.1. The second kappa shape index (κ2) is 6.34. The molecule has 0 aliphatic heterocycles. The Hall–Kier alpha value is -0.870. The summed E-state index contributed by atoms with van der Waals surface area (Å²) in [5.41, 5.74) is 0.364. The Morgan fingerprint density at radius 1 is 1.50 bits per heavy atom. The predicted octanol–water partition coefficient (Wildman–Crippen LogP) is 0.917. The van der Waals surface area contributed by atoms with Crippen LogP contribution in [0.4, 0.5) is 0 Å². The summed E-state index contributed by atoms with van der Waals surface area (Å²) in [5, 5.41) is 2.39. The number of hydrogen-bond acceptors (Lipinski definition) is 4. The summed E-state index contributed by atoms with van der Waals surface area (Å²) in [6.07, 6.45) is 0. The molecule has 1 aromatic carbocycles. The SMILES string of the molecule is COc1cc(C(=O)NCCS(=O)(=O)O)ccc1I. The average molecular weight is 385 g/mol. The third-order valence-electron chi connectivity index (χ3n) is 2.06. The normalized spacial score (nSPS) is 11.1. The van der Waals surface area contributed by atoms with Crippen molar-refractivity contribution >= 4 is 38.6 Å². The molecular weight excluding hydrogens is 373 g/mol. The lowest BCUT2D eigenvalue weighted by Gasteiger charge is -2.07. The number of amides is 1. The van der Waals surface area contributed by atoms with E-state index in [1.165, 1.54) is 7.11 Å². The standard InChI is InChI=1S/C10H12INO5S/c1-17-9-6-7(2-3-8(9)11)10(13)12-4-5-18(14,15)16/h2-3,6H,4-5H2,1H3,(H,12,13)(H,14,15,16). The second-order valence-corrected chi connectivity index (χ2v) is 6.13. The molecule has 0 saturated carbocycles. The van der Waals surface area contributed by atoms with E-state index in [-0.39, 0.29) is 6.54 Å². The van der Waals surface area contributed by atoms with E-state index in [1.54, 1.807) is 18.2 Å². The molecule has 0 spiro atoms. The molecule has 0 unspecified atom stereocenters. The van der Waals surface area contributed by atoms with Gasteiger partial charge in [-0.25, -0.2) is 0 Å². The van der Waals surface area contributed by atoms with Crippen molar-refractivity contribution in [3.63, 3.8) is 0 Å². The van der Waals surface area contributed by atoms with Crippen LogP contribution in [0.3, 0.4) is 0 Å². The lowest BCUT2D eigenvalue weighted by Crippen LogP contribution is -2.28. The molecule has 0 heterocycles. The first-order valence-corrected chi connectivity index (χ1v) is 7.59. The molecule has 2 N–H and O–H groups in total. The Morgan fingerprint density at radius 2 is 2.17 bits per heavy atom. The highest BCUT2D eigenvalue weighted by Gasteiger charge is 2.10. The van der Waals surface area contributed by atoms with Crippen molar-refractivity contribution in [2.45, 2.75) is 0 Å². The van der Waals surface area contributed by atoms with E-state index < -0.39 is 21.8 Å². The fourth-order valence-corrected chi connectivity index (χ4v) is 2.11. The maximum atomic E-state index is 11.7. The van der Waals surface area contributed by atoms with Gasteiger partial charge in [0, 0.05) is 12.1 Å². The van der Waals surface area contributed by atoms with Crippen LogP contribution in [-0.2, 0) is 10.1 Å². The van der Waals surface area contributed by atoms with E-state index >= 15 is 0 Å². The van der Waals surface area contributed by atoms with Gasteiger partial charge >= 0.3 is 0 Å². The maximum Gasteiger partial charge on any atom is 0.266 e. The summed E-state index contributed by atoms with van der Waals surface area (Å²) in [6, 6.07) is 4.88. The van der Waals surface area contributed by atoms with Crippen LogP contribution < -0.4 is 10.1 Å². The van der Waals surface area contributed by atoms with Gasteiger partial charge in [-0.15, -0.1) is 0 Å². The number of carbonyl (C=O) groups excluding carboxylic acids is 1. The molecule has 1 rings (SSSR count). The Balaban J connectivity index is 2.67. The number of hydrogen-bond donors (Lipinski definition) is 2. The number of benzene rings is 1. The highest BCUT2D eigenvalue weighted by Crippen LogP contribution is 2.21. The van der Waals surface area contributed by atoms with Gasteiger partial charge in [-0.05, 0) is 40.8 Å². The van der Waals surface area contributed by atoms with Crippen LogP contribution in [0.1, 0.15) is 10.4 Å². The summed E-state index contributed by atoms with van der Waals surface area (Å²) in [6.45, 7) is -0.147. The number of rotatable bonds is 5. The first-order valence-electron chi connectivity index (χ1n) is 4.90. The molecule has 0 aliphatic rings. The minimum atomic E-state index is -4.06. The Morgan fingerprint density at radius 3 is 2.72 bits per heavy atom. The zero-order chi connectivity index (χ0) is 13.8. The van der Waals surface area contributed by atoms with Gasteiger partial charge in [0.15, 0.2) is 0 Å². The van der Waals surface area contributed by atoms with Crippen molar-refractivity contribution < 1.29 is 22.5 Å². The average Bonchev–Trinajstić information content (AvgIpc) is 2.27. The van der Waals surface area contributed by atoms with Crippen LogP contribution in [0.15, 0.2) is 18.2 Å². The van der Waals surface area contributed by atoms with Crippen LogP contribution in [-0.4, -0.2) is 38.3 Å². The van der Waals surface area contributed by atoms with Crippen molar-refractivity contribution in [1.82, 2.24) is 5.32 Å². The van der Waals surface area contributed by atoms with Crippen molar-refractivity contribution in [3.05, 3.63) is 27.3 Å². The Kier molecular flexibility index (Phi) is 5.35. The largest absolute Gasteiger partial charge is 0.496 e. The fourth-order valence-electron chi connectivity index (χ4n) is 1.20. The molecular formula is C10H12INO5S. The van der Waals surface area contributed by atoms with Crippen molar-refractivity contribution in [1.29, 1.82) is 0 Å². The van der Waals surface area contributed by atoms with Crippen molar-refractivity contribution in [3.8, 4) is 5.75 Å². The number of nitrogens with one attached hydrogen (secondary N) is 1. The molecule has 1 amide bonds. The zero-order valence-electron chi connectivity index (χ0n) is 9.51. The van der Waals surface area contributed by atoms with Gasteiger partial charge in [-0.1, -0.05) is 0 Å². The fraction of sp³-hybridized carbons (Fsp3) is 0.300. The van der Waals surface area contributed by atoms with E-state index in [1.807, 2.05) is 0 Å². The van der Waals surface area contributed by atoms with Gasteiger partial charge in [0.25, 0.3) is 16.0 Å². The molecule has 0 atom stereocenters. The van der Waals surface area contributed by atoms with Gasteiger partial charge < -0.3 is 10.1 Å². The first kappa shape index (κ1) is 15.2. The zero-order valence-corrected chi connectivity index (χ0v) is 12.5. The van der Waals surface area contributed by atoms with Crippen LogP contribution in [0, 0.1) is 3.57 Å². The molecule has 0 radical (unpaired) electrons. The number of ether oxygens (including phenoxy) is 1. The van der Waals surface area contributed by atoms with Crippen LogP contribution in [0.25, 0.3) is 0 Å². The van der Waals surface area contributed by atoms with Gasteiger partial charge in [0.2, 0.25) is 0 Å². The van der Waals surface area contributed by atoms with Crippen LogP contribution >= 0.6 is 22.6 Å². The molecule has 1 aromatic rings. The van der Waals surface area contributed by atoms with E-state index in [0.29, 0.717) is 11.3 Å². The first-order chi connectivity index (χ1) is 8.33. The molecule has 0 aromatic heterocycles.